The van der Waals surface area contributed by atoms with Crippen LogP contribution in [0.25, 0.3) is 0 Å². The highest BCUT2D eigenvalue weighted by atomic mass is 19.1. The van der Waals surface area contributed by atoms with Gasteiger partial charge in [0.1, 0.15) is 5.82 Å². The van der Waals surface area contributed by atoms with E-state index in [4.69, 9.17) is 0 Å². The number of halogens is 1. The average molecular weight is 276 g/mol. The molecule has 2 N–H and O–H groups in total. The number of rotatable bonds is 3. The molecule has 1 amide bonds. The normalized spacial score (nSPS) is 25.2. The van der Waals surface area contributed by atoms with Crippen LogP contribution in [0.1, 0.15) is 37.8 Å². The molecule has 4 heteroatoms. The lowest BCUT2D eigenvalue weighted by Crippen LogP contribution is -2.34. The average Bonchev–Trinajstić information content (AvgIpc) is 3.14. The number of carbonyl (C=O) groups is 1. The van der Waals surface area contributed by atoms with Crippen LogP contribution in [0.5, 0.6) is 0 Å². The maximum absolute atomic E-state index is 12.9. The molecule has 1 aromatic rings. The fourth-order valence-corrected chi connectivity index (χ4v) is 3.34. The van der Waals surface area contributed by atoms with Gasteiger partial charge in [0.15, 0.2) is 0 Å². The summed E-state index contributed by atoms with van der Waals surface area (Å²) in [7, 11) is 0. The Morgan fingerprint density at radius 3 is 2.65 bits per heavy atom. The van der Waals surface area contributed by atoms with Crippen LogP contribution in [0.4, 0.5) is 4.39 Å². The summed E-state index contributed by atoms with van der Waals surface area (Å²) in [6.07, 6.45) is 3.24. The van der Waals surface area contributed by atoms with E-state index in [1.807, 2.05) is 6.92 Å². The van der Waals surface area contributed by atoms with Gasteiger partial charge in [0, 0.05) is 5.92 Å². The summed E-state index contributed by atoms with van der Waals surface area (Å²) in [6.45, 7) is 4.00. The second-order valence-electron chi connectivity index (χ2n) is 6.15. The van der Waals surface area contributed by atoms with Crippen molar-refractivity contribution in [3.63, 3.8) is 0 Å². The first-order chi connectivity index (χ1) is 9.61. The van der Waals surface area contributed by atoms with Crippen LogP contribution in [0.2, 0.25) is 0 Å². The maximum Gasteiger partial charge on any atom is 0.224 e. The minimum atomic E-state index is -0.247. The van der Waals surface area contributed by atoms with Crippen LogP contribution in [-0.2, 0) is 4.79 Å². The van der Waals surface area contributed by atoms with Crippen molar-refractivity contribution in [3.8, 4) is 0 Å². The molecule has 0 aromatic heterocycles. The molecule has 20 heavy (non-hydrogen) atoms. The summed E-state index contributed by atoms with van der Waals surface area (Å²) in [6, 6.07) is 6.26. The molecule has 0 radical (unpaired) electrons. The van der Waals surface area contributed by atoms with Crippen molar-refractivity contribution in [2.24, 2.45) is 11.3 Å². The molecule has 1 unspecified atom stereocenters. The molecule has 1 saturated carbocycles. The van der Waals surface area contributed by atoms with Crippen molar-refractivity contribution in [3.05, 3.63) is 35.6 Å². The minimum Gasteiger partial charge on any atom is -0.349 e. The zero-order valence-electron chi connectivity index (χ0n) is 11.8. The quantitative estimate of drug-likeness (QED) is 0.890. The zero-order valence-corrected chi connectivity index (χ0v) is 11.8. The fourth-order valence-electron chi connectivity index (χ4n) is 3.34. The van der Waals surface area contributed by atoms with E-state index in [9.17, 15) is 9.18 Å². The maximum atomic E-state index is 12.9. The van der Waals surface area contributed by atoms with E-state index in [0.717, 1.165) is 37.9 Å². The standard InChI is InChI=1S/C16H21FN2O/c1-11(12-2-4-13(17)5-3-12)19-15(20)14-10-16(14)6-8-18-9-7-16/h2-5,11,14,18H,6-10H2,1H3,(H,19,20)/t11-,14?/m1/s1. The van der Waals surface area contributed by atoms with Gasteiger partial charge in [-0.25, -0.2) is 4.39 Å². The van der Waals surface area contributed by atoms with Gasteiger partial charge in [-0.1, -0.05) is 12.1 Å². The number of nitrogens with one attached hydrogen (secondary N) is 2. The van der Waals surface area contributed by atoms with Crippen LogP contribution >= 0.6 is 0 Å². The Balaban J connectivity index is 1.58. The molecule has 2 atom stereocenters. The van der Waals surface area contributed by atoms with Gasteiger partial charge >= 0.3 is 0 Å². The van der Waals surface area contributed by atoms with E-state index in [-0.39, 0.29) is 29.1 Å². The highest BCUT2D eigenvalue weighted by Crippen LogP contribution is 2.58. The van der Waals surface area contributed by atoms with E-state index in [1.54, 1.807) is 12.1 Å². The van der Waals surface area contributed by atoms with Gasteiger partial charge in [-0.05, 0) is 62.4 Å². The fraction of sp³-hybridized carbons (Fsp3) is 0.562. The third-order valence-electron chi connectivity index (χ3n) is 4.83. The lowest BCUT2D eigenvalue weighted by molar-refractivity contribution is -0.123. The minimum absolute atomic E-state index is 0.0672. The first-order valence-corrected chi connectivity index (χ1v) is 7.37. The number of benzene rings is 1. The monoisotopic (exact) mass is 276 g/mol. The Morgan fingerprint density at radius 1 is 1.35 bits per heavy atom. The number of amides is 1. The molecular formula is C16H21FN2O. The summed E-state index contributed by atoms with van der Waals surface area (Å²) >= 11 is 0. The van der Waals surface area contributed by atoms with Crippen LogP contribution < -0.4 is 10.6 Å². The van der Waals surface area contributed by atoms with E-state index < -0.39 is 0 Å². The number of carbonyl (C=O) groups excluding carboxylic acids is 1. The lowest BCUT2D eigenvalue weighted by Gasteiger charge is -2.23. The van der Waals surface area contributed by atoms with Crippen molar-refractivity contribution < 1.29 is 9.18 Å². The van der Waals surface area contributed by atoms with Crippen molar-refractivity contribution >= 4 is 5.91 Å². The second-order valence-corrected chi connectivity index (χ2v) is 6.15. The molecule has 2 aliphatic rings. The topological polar surface area (TPSA) is 41.1 Å². The molecule has 3 nitrogen and oxygen atoms in total. The predicted molar refractivity (Wildman–Crippen MR) is 75.6 cm³/mol. The molecule has 1 spiro atoms. The Hall–Kier alpha value is -1.42. The summed E-state index contributed by atoms with van der Waals surface area (Å²) in [5.41, 5.74) is 1.21. The van der Waals surface area contributed by atoms with Gasteiger partial charge in [0.05, 0.1) is 6.04 Å². The summed E-state index contributed by atoms with van der Waals surface area (Å²) in [4.78, 5) is 12.3. The van der Waals surface area contributed by atoms with Crippen molar-refractivity contribution in [1.29, 1.82) is 0 Å². The van der Waals surface area contributed by atoms with Crippen LogP contribution in [0.15, 0.2) is 24.3 Å². The first-order valence-electron chi connectivity index (χ1n) is 7.37. The molecule has 3 rings (SSSR count). The number of piperidine rings is 1. The van der Waals surface area contributed by atoms with Crippen LogP contribution in [0, 0.1) is 17.2 Å². The smallest absolute Gasteiger partial charge is 0.224 e. The van der Waals surface area contributed by atoms with Crippen LogP contribution in [-0.4, -0.2) is 19.0 Å². The van der Waals surface area contributed by atoms with Crippen molar-refractivity contribution in [2.75, 3.05) is 13.1 Å². The third kappa shape index (κ3) is 2.57. The van der Waals surface area contributed by atoms with E-state index in [1.165, 1.54) is 12.1 Å². The first kappa shape index (κ1) is 13.6. The Labute approximate surface area is 118 Å². The molecule has 2 fully saturated rings. The van der Waals surface area contributed by atoms with E-state index in [2.05, 4.69) is 10.6 Å². The summed E-state index contributed by atoms with van der Waals surface area (Å²) in [5.74, 6) is 0.0827. The second kappa shape index (κ2) is 5.17. The lowest BCUT2D eigenvalue weighted by atomic mass is 9.91. The molecule has 0 bridgehead atoms. The van der Waals surface area contributed by atoms with Gasteiger partial charge in [-0.15, -0.1) is 0 Å². The zero-order chi connectivity index (χ0) is 14.2. The largest absolute Gasteiger partial charge is 0.349 e. The van der Waals surface area contributed by atoms with Gasteiger partial charge < -0.3 is 10.6 Å². The highest BCUT2D eigenvalue weighted by molar-refractivity contribution is 5.83. The summed E-state index contributed by atoms with van der Waals surface area (Å²) < 4.78 is 12.9. The Morgan fingerprint density at radius 2 is 2.00 bits per heavy atom. The van der Waals surface area contributed by atoms with Crippen molar-refractivity contribution in [2.45, 2.75) is 32.2 Å². The van der Waals surface area contributed by atoms with Gasteiger partial charge in [-0.3, -0.25) is 4.79 Å². The molecule has 1 aliphatic carbocycles. The van der Waals surface area contributed by atoms with Crippen molar-refractivity contribution in [1.82, 2.24) is 10.6 Å². The molecule has 108 valence electrons. The van der Waals surface area contributed by atoms with E-state index in [0.29, 0.717) is 0 Å². The molecule has 1 aromatic carbocycles. The highest BCUT2D eigenvalue weighted by Gasteiger charge is 2.57. The number of hydrogen-bond acceptors (Lipinski definition) is 2. The van der Waals surface area contributed by atoms with Crippen LogP contribution in [0.3, 0.4) is 0 Å². The molecular weight excluding hydrogens is 255 g/mol. The van der Waals surface area contributed by atoms with E-state index >= 15 is 0 Å². The molecule has 1 heterocycles. The summed E-state index contributed by atoms with van der Waals surface area (Å²) in [5, 5.41) is 6.41. The van der Waals surface area contributed by atoms with Gasteiger partial charge in [0.2, 0.25) is 5.91 Å². The Kier molecular flexibility index (Phi) is 3.50. The molecule has 1 saturated heterocycles. The van der Waals surface area contributed by atoms with Gasteiger partial charge in [0.25, 0.3) is 0 Å². The molecule has 1 aliphatic heterocycles. The SMILES string of the molecule is C[C@@H](NC(=O)C1CC12CCNCC2)c1ccc(F)cc1. The Bertz CT molecular complexity index is 494. The predicted octanol–water partition coefficient (Wildman–Crippen LogP) is 2.39. The van der Waals surface area contributed by atoms with Gasteiger partial charge in [-0.2, -0.15) is 0 Å². The number of hydrogen-bond donors (Lipinski definition) is 2. The third-order valence-corrected chi connectivity index (χ3v) is 4.83.